The Labute approximate surface area is 133 Å². The van der Waals surface area contributed by atoms with Gasteiger partial charge in [-0.05, 0) is 51.8 Å². The first-order chi connectivity index (χ1) is 10.7. The number of hydrogen-bond acceptors (Lipinski definition) is 3. The first kappa shape index (κ1) is 15.3. The van der Waals surface area contributed by atoms with Crippen molar-refractivity contribution in [2.45, 2.75) is 38.6 Å². The highest BCUT2D eigenvalue weighted by molar-refractivity contribution is 6.00. The minimum atomic E-state index is 0.200. The van der Waals surface area contributed by atoms with E-state index in [2.05, 4.69) is 35.3 Å². The predicted molar refractivity (Wildman–Crippen MR) is 90.6 cm³/mol. The van der Waals surface area contributed by atoms with Crippen LogP contribution in [0, 0.1) is 6.92 Å². The van der Waals surface area contributed by atoms with Gasteiger partial charge in [-0.3, -0.25) is 4.79 Å². The van der Waals surface area contributed by atoms with Gasteiger partial charge < -0.3 is 15.1 Å². The predicted octanol–water partition coefficient (Wildman–Crippen LogP) is 2.42. The lowest BCUT2D eigenvalue weighted by Crippen LogP contribution is -2.47. The van der Waals surface area contributed by atoms with Crippen LogP contribution in [0.5, 0.6) is 0 Å². The Bertz CT molecular complexity index is 537. The average molecular weight is 301 g/mol. The Morgan fingerprint density at radius 2 is 1.95 bits per heavy atom. The van der Waals surface area contributed by atoms with E-state index in [1.54, 1.807) is 0 Å². The van der Waals surface area contributed by atoms with E-state index < -0.39 is 0 Å². The van der Waals surface area contributed by atoms with Crippen molar-refractivity contribution in [2.75, 3.05) is 38.1 Å². The third-order valence-corrected chi connectivity index (χ3v) is 4.95. The second-order valence-corrected chi connectivity index (χ2v) is 6.59. The maximum Gasteiger partial charge on any atom is 0.256 e. The van der Waals surface area contributed by atoms with Gasteiger partial charge in [0, 0.05) is 37.9 Å². The van der Waals surface area contributed by atoms with E-state index in [1.165, 1.54) is 12.8 Å². The van der Waals surface area contributed by atoms with Gasteiger partial charge in [0.2, 0.25) is 0 Å². The third kappa shape index (κ3) is 3.12. The van der Waals surface area contributed by atoms with Crippen molar-refractivity contribution in [3.05, 3.63) is 29.3 Å². The molecule has 0 aromatic heterocycles. The van der Waals surface area contributed by atoms with Gasteiger partial charge in [0.05, 0.1) is 5.56 Å². The van der Waals surface area contributed by atoms with Gasteiger partial charge in [-0.25, -0.2) is 0 Å². The first-order valence-corrected chi connectivity index (χ1v) is 8.51. The van der Waals surface area contributed by atoms with E-state index in [1.807, 2.05) is 11.9 Å². The Morgan fingerprint density at radius 1 is 1.18 bits per heavy atom. The average Bonchev–Trinajstić information content (AvgIpc) is 3.08. The van der Waals surface area contributed by atoms with Crippen LogP contribution in [0.1, 0.15) is 41.6 Å². The summed E-state index contributed by atoms with van der Waals surface area (Å²) in [4.78, 5) is 17.5. The van der Waals surface area contributed by atoms with Crippen molar-refractivity contribution in [1.82, 2.24) is 10.2 Å². The largest absolute Gasteiger partial charge is 0.371 e. The van der Waals surface area contributed by atoms with Gasteiger partial charge in [-0.1, -0.05) is 11.6 Å². The molecule has 1 atom stereocenters. The molecule has 22 heavy (non-hydrogen) atoms. The monoisotopic (exact) mass is 301 g/mol. The molecule has 0 aliphatic carbocycles. The topological polar surface area (TPSA) is 35.6 Å². The van der Waals surface area contributed by atoms with Crippen LogP contribution in [0.3, 0.4) is 0 Å². The van der Waals surface area contributed by atoms with Crippen LogP contribution in [0.2, 0.25) is 0 Å². The molecular weight excluding hydrogens is 274 g/mol. The molecule has 4 heteroatoms. The summed E-state index contributed by atoms with van der Waals surface area (Å²) in [5.41, 5.74) is 3.17. The number of aryl methyl sites for hydroxylation is 1. The Morgan fingerprint density at radius 3 is 2.68 bits per heavy atom. The molecule has 2 saturated heterocycles. The summed E-state index contributed by atoms with van der Waals surface area (Å²) in [6, 6.07) is 6.75. The second-order valence-electron chi connectivity index (χ2n) is 6.59. The zero-order valence-electron chi connectivity index (χ0n) is 13.8. The van der Waals surface area contributed by atoms with E-state index in [9.17, 15) is 4.79 Å². The molecule has 3 rings (SSSR count). The van der Waals surface area contributed by atoms with Gasteiger partial charge in [-0.15, -0.1) is 0 Å². The SMILES string of the molecule is CN[C@H]1CCCN(C(=O)c2cc(C)ccc2N2CCCC2)C1. The minimum Gasteiger partial charge on any atom is -0.371 e. The number of likely N-dealkylation sites (N-methyl/N-ethyl adjacent to an activating group) is 1. The summed E-state index contributed by atoms with van der Waals surface area (Å²) in [5, 5.41) is 3.32. The number of nitrogens with one attached hydrogen (secondary N) is 1. The summed E-state index contributed by atoms with van der Waals surface area (Å²) in [5.74, 6) is 0.200. The molecule has 0 bridgehead atoms. The number of benzene rings is 1. The maximum absolute atomic E-state index is 13.1. The van der Waals surface area contributed by atoms with Crippen LogP contribution in [-0.4, -0.2) is 50.1 Å². The fourth-order valence-corrected chi connectivity index (χ4v) is 3.62. The molecular formula is C18H27N3O. The molecule has 4 nitrogen and oxygen atoms in total. The smallest absolute Gasteiger partial charge is 0.256 e. The van der Waals surface area contributed by atoms with Crippen LogP contribution in [-0.2, 0) is 0 Å². The minimum absolute atomic E-state index is 0.200. The zero-order chi connectivity index (χ0) is 15.5. The van der Waals surface area contributed by atoms with Crippen molar-refractivity contribution in [1.29, 1.82) is 0 Å². The molecule has 0 radical (unpaired) electrons. The normalized spacial score (nSPS) is 22.2. The zero-order valence-corrected chi connectivity index (χ0v) is 13.8. The fourth-order valence-electron chi connectivity index (χ4n) is 3.62. The molecule has 1 N–H and O–H groups in total. The van der Waals surface area contributed by atoms with Gasteiger partial charge in [0.15, 0.2) is 0 Å². The summed E-state index contributed by atoms with van der Waals surface area (Å²) in [6.07, 6.45) is 4.70. The lowest BCUT2D eigenvalue weighted by Gasteiger charge is -2.33. The Hall–Kier alpha value is -1.55. The number of amides is 1. The second kappa shape index (κ2) is 6.69. The number of piperidine rings is 1. The number of rotatable bonds is 3. The number of likely N-dealkylation sites (tertiary alicyclic amines) is 1. The van der Waals surface area contributed by atoms with Gasteiger partial charge in [0.25, 0.3) is 5.91 Å². The summed E-state index contributed by atoms with van der Waals surface area (Å²) in [7, 11) is 1.99. The van der Waals surface area contributed by atoms with E-state index in [4.69, 9.17) is 0 Å². The highest BCUT2D eigenvalue weighted by atomic mass is 16.2. The molecule has 2 aliphatic rings. The molecule has 2 heterocycles. The number of hydrogen-bond donors (Lipinski definition) is 1. The molecule has 2 aliphatic heterocycles. The van der Waals surface area contributed by atoms with Crippen molar-refractivity contribution < 1.29 is 4.79 Å². The molecule has 0 unspecified atom stereocenters. The van der Waals surface area contributed by atoms with Crippen LogP contribution >= 0.6 is 0 Å². The van der Waals surface area contributed by atoms with Gasteiger partial charge in [-0.2, -0.15) is 0 Å². The summed E-state index contributed by atoms with van der Waals surface area (Å²) in [6.45, 7) is 5.91. The van der Waals surface area contributed by atoms with Crippen LogP contribution < -0.4 is 10.2 Å². The van der Waals surface area contributed by atoms with Crippen LogP contribution in [0.15, 0.2) is 18.2 Å². The highest BCUT2D eigenvalue weighted by Gasteiger charge is 2.27. The van der Waals surface area contributed by atoms with Gasteiger partial charge >= 0.3 is 0 Å². The maximum atomic E-state index is 13.1. The number of anilines is 1. The molecule has 0 saturated carbocycles. The first-order valence-electron chi connectivity index (χ1n) is 8.51. The van der Waals surface area contributed by atoms with E-state index in [0.29, 0.717) is 6.04 Å². The molecule has 0 spiro atoms. The summed E-state index contributed by atoms with van der Waals surface area (Å²) < 4.78 is 0. The molecule has 120 valence electrons. The van der Waals surface area contributed by atoms with E-state index >= 15 is 0 Å². The Balaban J connectivity index is 1.85. The van der Waals surface area contributed by atoms with Crippen LogP contribution in [0.25, 0.3) is 0 Å². The Kier molecular flexibility index (Phi) is 4.67. The quantitative estimate of drug-likeness (QED) is 0.931. The third-order valence-electron chi connectivity index (χ3n) is 4.95. The number of nitrogens with zero attached hydrogens (tertiary/aromatic N) is 2. The van der Waals surface area contributed by atoms with Crippen molar-refractivity contribution >= 4 is 11.6 Å². The highest BCUT2D eigenvalue weighted by Crippen LogP contribution is 2.27. The standard InChI is InChI=1S/C18H27N3O/c1-14-7-8-17(20-9-3-4-10-20)16(12-14)18(22)21-11-5-6-15(13-21)19-2/h7-8,12,15,19H,3-6,9-11,13H2,1-2H3/t15-/m0/s1. The summed E-state index contributed by atoms with van der Waals surface area (Å²) >= 11 is 0. The lowest BCUT2D eigenvalue weighted by atomic mass is 10.0. The van der Waals surface area contributed by atoms with Crippen molar-refractivity contribution in [3.63, 3.8) is 0 Å². The molecule has 1 aromatic rings. The van der Waals surface area contributed by atoms with E-state index in [-0.39, 0.29) is 5.91 Å². The molecule has 1 aromatic carbocycles. The lowest BCUT2D eigenvalue weighted by molar-refractivity contribution is 0.0698. The van der Waals surface area contributed by atoms with Gasteiger partial charge in [0.1, 0.15) is 0 Å². The number of carbonyl (C=O) groups is 1. The van der Waals surface area contributed by atoms with E-state index in [0.717, 1.165) is 55.8 Å². The number of carbonyl (C=O) groups excluding carboxylic acids is 1. The van der Waals surface area contributed by atoms with Crippen molar-refractivity contribution in [2.24, 2.45) is 0 Å². The fraction of sp³-hybridized carbons (Fsp3) is 0.611. The van der Waals surface area contributed by atoms with Crippen molar-refractivity contribution in [3.8, 4) is 0 Å². The van der Waals surface area contributed by atoms with Crippen LogP contribution in [0.4, 0.5) is 5.69 Å². The molecule has 1 amide bonds. The molecule has 2 fully saturated rings.